The molecular formula is C17H25N3O4S. The second kappa shape index (κ2) is 7.80. The molecule has 2 aliphatic rings. The largest absolute Gasteiger partial charge is 0.383 e. The molecule has 7 nitrogen and oxygen atoms in total. The molecule has 0 spiro atoms. The Bertz CT molecular complexity index is 695. The van der Waals surface area contributed by atoms with Crippen molar-refractivity contribution in [2.24, 2.45) is 0 Å². The maximum absolute atomic E-state index is 12.7. The van der Waals surface area contributed by atoms with Crippen molar-refractivity contribution in [3.05, 3.63) is 30.1 Å². The second-order valence-corrected chi connectivity index (χ2v) is 8.80. The Kier molecular flexibility index (Phi) is 5.71. The predicted octanol–water partition coefficient (Wildman–Crippen LogP) is -0.0296. The summed E-state index contributed by atoms with van der Waals surface area (Å²) >= 11 is 0. The Morgan fingerprint density at radius 1 is 1.28 bits per heavy atom. The Hall–Kier alpha value is -1.51. The molecule has 0 bridgehead atoms. The van der Waals surface area contributed by atoms with E-state index >= 15 is 0 Å². The summed E-state index contributed by atoms with van der Waals surface area (Å²) in [5.41, 5.74) is 0.880. The number of hydrogen-bond acceptors (Lipinski definition) is 6. The van der Waals surface area contributed by atoms with E-state index in [1.807, 2.05) is 18.2 Å². The maximum Gasteiger partial charge on any atom is 0.223 e. The minimum Gasteiger partial charge on any atom is -0.383 e. The topological polar surface area (TPSA) is 79.8 Å². The molecule has 8 heteroatoms. The summed E-state index contributed by atoms with van der Waals surface area (Å²) in [7, 11) is -1.47. The Labute approximate surface area is 148 Å². The summed E-state index contributed by atoms with van der Waals surface area (Å²) in [6, 6.07) is 5.29. The smallest absolute Gasteiger partial charge is 0.223 e. The van der Waals surface area contributed by atoms with Gasteiger partial charge in [0.25, 0.3) is 0 Å². The van der Waals surface area contributed by atoms with Crippen molar-refractivity contribution in [1.82, 2.24) is 14.8 Å². The van der Waals surface area contributed by atoms with Gasteiger partial charge in [-0.1, -0.05) is 6.07 Å². The van der Waals surface area contributed by atoms with E-state index in [2.05, 4.69) is 9.88 Å². The monoisotopic (exact) mass is 367 g/mol. The minimum atomic E-state index is -3.11. The SMILES string of the molecule is COCCN1CCN(C(=O)CCc2ccccn2)[C@H]2CS(=O)(=O)C[C@H]21. The molecule has 25 heavy (non-hydrogen) atoms. The lowest BCUT2D eigenvalue weighted by molar-refractivity contribution is -0.137. The number of methoxy groups -OCH3 is 1. The fraction of sp³-hybridized carbons (Fsp3) is 0.647. The van der Waals surface area contributed by atoms with Crippen molar-refractivity contribution >= 4 is 15.7 Å². The average molecular weight is 367 g/mol. The van der Waals surface area contributed by atoms with Crippen LogP contribution in [0.1, 0.15) is 12.1 Å². The third kappa shape index (κ3) is 4.37. The number of hydrogen-bond donors (Lipinski definition) is 0. The van der Waals surface area contributed by atoms with Gasteiger partial charge in [0.1, 0.15) is 0 Å². The highest BCUT2D eigenvalue weighted by Crippen LogP contribution is 2.27. The van der Waals surface area contributed by atoms with Crippen molar-refractivity contribution < 1.29 is 17.9 Å². The number of nitrogens with zero attached hydrogens (tertiary/aromatic N) is 3. The number of piperazine rings is 1. The molecule has 2 atom stereocenters. The number of fused-ring (bicyclic) bond motifs is 1. The lowest BCUT2D eigenvalue weighted by Gasteiger charge is -2.44. The van der Waals surface area contributed by atoms with Gasteiger partial charge in [0.05, 0.1) is 24.2 Å². The highest BCUT2D eigenvalue weighted by atomic mass is 32.2. The van der Waals surface area contributed by atoms with E-state index in [0.29, 0.717) is 39.1 Å². The number of amides is 1. The van der Waals surface area contributed by atoms with Crippen LogP contribution in [-0.4, -0.2) is 86.0 Å². The Morgan fingerprint density at radius 3 is 2.80 bits per heavy atom. The summed E-state index contributed by atoms with van der Waals surface area (Å²) in [4.78, 5) is 20.9. The lowest BCUT2D eigenvalue weighted by atomic mass is 10.0. The molecule has 0 N–H and O–H groups in total. The Morgan fingerprint density at radius 2 is 2.08 bits per heavy atom. The summed E-state index contributed by atoms with van der Waals surface area (Å²) in [5.74, 6) is 0.214. The molecule has 1 aromatic heterocycles. The van der Waals surface area contributed by atoms with E-state index in [-0.39, 0.29) is 29.5 Å². The zero-order valence-electron chi connectivity index (χ0n) is 14.5. The molecule has 2 fully saturated rings. The Balaban J connectivity index is 1.66. The standard InChI is InChI=1S/C17H25N3O4S/c1-24-11-10-19-8-9-20(16-13-25(22,23)12-15(16)19)17(21)6-5-14-4-2-3-7-18-14/h2-4,7,15-16H,5-6,8-13H2,1H3/t15-,16+/m1/s1. The van der Waals surface area contributed by atoms with Gasteiger partial charge in [-0.15, -0.1) is 0 Å². The molecule has 2 aliphatic heterocycles. The lowest BCUT2D eigenvalue weighted by Crippen LogP contribution is -2.61. The number of aryl methyl sites for hydroxylation is 1. The van der Waals surface area contributed by atoms with Gasteiger partial charge in [0.2, 0.25) is 5.91 Å². The molecule has 0 unspecified atom stereocenters. The van der Waals surface area contributed by atoms with Crippen LogP contribution in [0.3, 0.4) is 0 Å². The zero-order chi connectivity index (χ0) is 17.9. The van der Waals surface area contributed by atoms with Crippen LogP contribution in [0.2, 0.25) is 0 Å². The van der Waals surface area contributed by atoms with Gasteiger partial charge in [-0.3, -0.25) is 14.7 Å². The molecule has 0 aromatic carbocycles. The molecule has 3 rings (SSSR count). The number of carbonyl (C=O) groups is 1. The van der Waals surface area contributed by atoms with Gasteiger partial charge in [-0.05, 0) is 18.6 Å². The van der Waals surface area contributed by atoms with Crippen LogP contribution in [0.15, 0.2) is 24.4 Å². The van der Waals surface area contributed by atoms with E-state index in [4.69, 9.17) is 4.74 Å². The first-order valence-corrected chi connectivity index (χ1v) is 10.4. The highest BCUT2D eigenvalue weighted by Gasteiger charge is 2.47. The molecule has 3 heterocycles. The van der Waals surface area contributed by atoms with Crippen LogP contribution in [0.25, 0.3) is 0 Å². The summed E-state index contributed by atoms with van der Waals surface area (Å²) < 4.78 is 29.4. The number of aromatic nitrogens is 1. The van der Waals surface area contributed by atoms with Crippen molar-refractivity contribution in [2.75, 3.05) is 44.9 Å². The summed E-state index contributed by atoms with van der Waals surface area (Å²) in [6.07, 6.45) is 2.65. The van der Waals surface area contributed by atoms with Crippen LogP contribution in [0, 0.1) is 0 Å². The van der Waals surface area contributed by atoms with E-state index in [1.165, 1.54) is 0 Å². The van der Waals surface area contributed by atoms with Gasteiger partial charge < -0.3 is 9.64 Å². The number of pyridine rings is 1. The first-order chi connectivity index (χ1) is 12.0. The van der Waals surface area contributed by atoms with Crippen LogP contribution in [0.4, 0.5) is 0 Å². The first kappa shape index (κ1) is 18.3. The molecular weight excluding hydrogens is 342 g/mol. The second-order valence-electron chi connectivity index (χ2n) is 6.65. The van der Waals surface area contributed by atoms with Crippen molar-refractivity contribution in [2.45, 2.75) is 24.9 Å². The fourth-order valence-electron chi connectivity index (χ4n) is 3.75. The highest BCUT2D eigenvalue weighted by molar-refractivity contribution is 7.91. The van der Waals surface area contributed by atoms with Crippen LogP contribution < -0.4 is 0 Å². The molecule has 0 radical (unpaired) electrons. The maximum atomic E-state index is 12.7. The van der Waals surface area contributed by atoms with Crippen LogP contribution in [-0.2, 0) is 25.8 Å². The predicted molar refractivity (Wildman–Crippen MR) is 93.9 cm³/mol. The number of ether oxygens (including phenoxy) is 1. The van der Waals surface area contributed by atoms with Crippen molar-refractivity contribution in [1.29, 1.82) is 0 Å². The third-order valence-electron chi connectivity index (χ3n) is 5.02. The number of carbonyl (C=O) groups excluding carboxylic acids is 1. The minimum absolute atomic E-state index is 0.0177. The number of sulfone groups is 1. The van der Waals surface area contributed by atoms with Gasteiger partial charge >= 0.3 is 0 Å². The molecule has 2 saturated heterocycles. The summed E-state index contributed by atoms with van der Waals surface area (Å²) in [5, 5.41) is 0. The quantitative estimate of drug-likeness (QED) is 0.703. The van der Waals surface area contributed by atoms with Crippen LogP contribution in [0.5, 0.6) is 0 Å². The molecule has 1 amide bonds. The van der Waals surface area contributed by atoms with E-state index in [1.54, 1.807) is 18.2 Å². The average Bonchev–Trinajstić information content (AvgIpc) is 2.93. The molecule has 1 aromatic rings. The molecule has 0 saturated carbocycles. The zero-order valence-corrected chi connectivity index (χ0v) is 15.3. The normalized spacial score (nSPS) is 25.7. The van der Waals surface area contributed by atoms with E-state index < -0.39 is 9.84 Å². The molecule has 0 aliphatic carbocycles. The fourth-order valence-corrected chi connectivity index (χ4v) is 5.76. The summed E-state index contributed by atoms with van der Waals surface area (Å²) in [6.45, 7) is 2.52. The van der Waals surface area contributed by atoms with Gasteiger partial charge in [0, 0.05) is 51.1 Å². The third-order valence-corrected chi connectivity index (χ3v) is 6.71. The van der Waals surface area contributed by atoms with Crippen molar-refractivity contribution in [3.63, 3.8) is 0 Å². The van der Waals surface area contributed by atoms with E-state index in [0.717, 1.165) is 5.69 Å². The first-order valence-electron chi connectivity index (χ1n) is 8.63. The van der Waals surface area contributed by atoms with E-state index in [9.17, 15) is 13.2 Å². The van der Waals surface area contributed by atoms with Crippen LogP contribution >= 0.6 is 0 Å². The van der Waals surface area contributed by atoms with Crippen molar-refractivity contribution in [3.8, 4) is 0 Å². The van der Waals surface area contributed by atoms with Gasteiger partial charge in [0.15, 0.2) is 9.84 Å². The molecule has 138 valence electrons. The number of rotatable bonds is 6. The van der Waals surface area contributed by atoms with Gasteiger partial charge in [-0.25, -0.2) is 8.42 Å². The van der Waals surface area contributed by atoms with Gasteiger partial charge in [-0.2, -0.15) is 0 Å².